The molecule has 1 fully saturated rings. The van der Waals surface area contributed by atoms with Crippen molar-refractivity contribution >= 4 is 16.9 Å². The first-order valence-corrected chi connectivity index (χ1v) is 8.51. The van der Waals surface area contributed by atoms with Gasteiger partial charge in [-0.2, -0.15) is 5.10 Å². The van der Waals surface area contributed by atoms with Crippen molar-refractivity contribution in [2.45, 2.75) is 25.9 Å². The fraction of sp³-hybridized carbons (Fsp3) is 0.625. The highest BCUT2D eigenvalue weighted by Crippen LogP contribution is 2.03. The van der Waals surface area contributed by atoms with E-state index in [1.165, 1.54) is 17.1 Å². The van der Waals surface area contributed by atoms with E-state index in [-0.39, 0.29) is 23.9 Å². The molecule has 0 saturated carbocycles. The molecule has 0 aromatic carbocycles. The predicted molar refractivity (Wildman–Crippen MR) is 92.2 cm³/mol. The zero-order chi connectivity index (χ0) is 17.8. The highest BCUT2D eigenvalue weighted by atomic mass is 16.5. The molecule has 1 saturated heterocycles. The van der Waals surface area contributed by atoms with E-state index in [0.717, 1.165) is 32.8 Å². The van der Waals surface area contributed by atoms with E-state index in [2.05, 4.69) is 20.3 Å². The van der Waals surface area contributed by atoms with Crippen molar-refractivity contribution in [3.8, 4) is 0 Å². The normalized spacial score (nSPS) is 16.9. The second-order valence-corrected chi connectivity index (χ2v) is 6.38. The van der Waals surface area contributed by atoms with Crippen LogP contribution in [0.4, 0.5) is 0 Å². The number of hydrogen-bond donors (Lipinski definition) is 1. The third-order valence-corrected chi connectivity index (χ3v) is 4.34. The van der Waals surface area contributed by atoms with Crippen LogP contribution in [0.3, 0.4) is 0 Å². The molecule has 2 aromatic rings. The highest BCUT2D eigenvalue weighted by molar-refractivity contribution is 5.76. The van der Waals surface area contributed by atoms with E-state index >= 15 is 0 Å². The van der Waals surface area contributed by atoms with Crippen molar-refractivity contribution < 1.29 is 9.53 Å². The third-order valence-electron chi connectivity index (χ3n) is 4.34. The van der Waals surface area contributed by atoms with Gasteiger partial charge in [-0.3, -0.25) is 23.7 Å². The summed E-state index contributed by atoms with van der Waals surface area (Å²) >= 11 is 0. The average Bonchev–Trinajstić information content (AvgIpc) is 2.97. The minimum Gasteiger partial charge on any atom is -0.379 e. The standard InChI is InChI=1S/C16H24N6O3/c1-12(10-21-5-7-25-8-6-21)19-14(23)3-4-22-11-17-15-13(16(22)24)9-18-20(15)2/h9,11-12H,3-8,10H2,1-2H3,(H,19,23)/t12-/m0/s1. The Hall–Kier alpha value is -2.26. The van der Waals surface area contributed by atoms with E-state index in [0.29, 0.717) is 17.6 Å². The Morgan fingerprint density at radius 1 is 1.40 bits per heavy atom. The van der Waals surface area contributed by atoms with Gasteiger partial charge < -0.3 is 10.1 Å². The van der Waals surface area contributed by atoms with Gasteiger partial charge in [-0.15, -0.1) is 0 Å². The molecule has 1 N–H and O–H groups in total. The molecular formula is C16H24N6O3. The molecule has 9 nitrogen and oxygen atoms in total. The Morgan fingerprint density at radius 2 is 2.16 bits per heavy atom. The topological polar surface area (TPSA) is 94.3 Å². The van der Waals surface area contributed by atoms with Gasteiger partial charge in [0.1, 0.15) is 5.39 Å². The van der Waals surface area contributed by atoms with Crippen LogP contribution in [0.5, 0.6) is 0 Å². The number of hydrogen-bond acceptors (Lipinski definition) is 6. The Kier molecular flexibility index (Phi) is 5.44. The van der Waals surface area contributed by atoms with Crippen molar-refractivity contribution in [2.24, 2.45) is 7.05 Å². The summed E-state index contributed by atoms with van der Waals surface area (Å²) in [7, 11) is 1.74. The predicted octanol–water partition coefficient (Wildman–Crippen LogP) is -0.643. The SMILES string of the molecule is C[C@@H](CN1CCOCC1)NC(=O)CCn1cnc2c(cnn2C)c1=O. The molecule has 1 amide bonds. The van der Waals surface area contributed by atoms with Gasteiger partial charge in [0, 0.05) is 45.7 Å². The lowest BCUT2D eigenvalue weighted by Crippen LogP contribution is -2.46. The summed E-state index contributed by atoms with van der Waals surface area (Å²) in [5.41, 5.74) is 0.372. The molecule has 3 rings (SSSR count). The number of fused-ring (bicyclic) bond motifs is 1. The molecule has 9 heteroatoms. The Labute approximate surface area is 145 Å². The molecule has 3 heterocycles. The number of rotatable bonds is 6. The molecule has 0 radical (unpaired) electrons. The number of morpholine rings is 1. The van der Waals surface area contributed by atoms with Gasteiger partial charge in [0.05, 0.1) is 25.7 Å². The van der Waals surface area contributed by atoms with E-state index in [1.807, 2.05) is 6.92 Å². The van der Waals surface area contributed by atoms with Crippen molar-refractivity contribution in [1.82, 2.24) is 29.5 Å². The molecule has 1 atom stereocenters. The van der Waals surface area contributed by atoms with E-state index < -0.39 is 0 Å². The lowest BCUT2D eigenvalue weighted by atomic mass is 10.2. The van der Waals surface area contributed by atoms with E-state index in [4.69, 9.17) is 4.74 Å². The number of ether oxygens (including phenoxy) is 1. The third kappa shape index (κ3) is 4.23. The summed E-state index contributed by atoms with van der Waals surface area (Å²) in [6.07, 6.45) is 3.21. The highest BCUT2D eigenvalue weighted by Gasteiger charge is 2.15. The van der Waals surface area contributed by atoms with Gasteiger partial charge in [-0.05, 0) is 6.92 Å². The first kappa shape index (κ1) is 17.6. The number of carbonyl (C=O) groups is 1. The Morgan fingerprint density at radius 3 is 2.92 bits per heavy atom. The van der Waals surface area contributed by atoms with Crippen LogP contribution in [0.25, 0.3) is 11.0 Å². The maximum atomic E-state index is 12.4. The number of nitrogens with one attached hydrogen (secondary N) is 1. The minimum atomic E-state index is -0.174. The average molecular weight is 348 g/mol. The molecule has 1 aliphatic rings. The molecule has 0 bridgehead atoms. The Balaban J connectivity index is 1.51. The second-order valence-electron chi connectivity index (χ2n) is 6.38. The van der Waals surface area contributed by atoms with E-state index in [1.54, 1.807) is 11.7 Å². The van der Waals surface area contributed by atoms with Crippen LogP contribution in [0.15, 0.2) is 17.3 Å². The summed E-state index contributed by atoms with van der Waals surface area (Å²) in [5, 5.41) is 7.48. The van der Waals surface area contributed by atoms with Crippen molar-refractivity contribution in [3.63, 3.8) is 0 Å². The fourth-order valence-corrected chi connectivity index (χ4v) is 3.01. The van der Waals surface area contributed by atoms with Crippen molar-refractivity contribution in [2.75, 3.05) is 32.8 Å². The van der Waals surface area contributed by atoms with Crippen molar-refractivity contribution in [3.05, 3.63) is 22.9 Å². The number of aryl methyl sites for hydroxylation is 2. The van der Waals surface area contributed by atoms with Gasteiger partial charge in [-0.1, -0.05) is 0 Å². The number of carbonyl (C=O) groups excluding carboxylic acids is 1. The lowest BCUT2D eigenvalue weighted by Gasteiger charge is -2.29. The number of aromatic nitrogens is 4. The van der Waals surface area contributed by atoms with Crippen molar-refractivity contribution in [1.29, 1.82) is 0 Å². The maximum Gasteiger partial charge on any atom is 0.264 e. The van der Waals surface area contributed by atoms with Gasteiger partial charge in [0.15, 0.2) is 5.65 Å². The van der Waals surface area contributed by atoms with Crippen LogP contribution in [0.2, 0.25) is 0 Å². The summed E-state index contributed by atoms with van der Waals surface area (Å²) in [6.45, 7) is 6.37. The van der Waals surface area contributed by atoms with Crippen LogP contribution in [0.1, 0.15) is 13.3 Å². The summed E-state index contributed by atoms with van der Waals surface area (Å²) in [6, 6.07) is 0.0567. The largest absolute Gasteiger partial charge is 0.379 e. The van der Waals surface area contributed by atoms with Gasteiger partial charge >= 0.3 is 0 Å². The molecule has 0 unspecified atom stereocenters. The zero-order valence-corrected chi connectivity index (χ0v) is 14.6. The van der Waals surface area contributed by atoms with Gasteiger partial charge in [-0.25, -0.2) is 4.98 Å². The van der Waals surface area contributed by atoms with Crippen LogP contribution in [0, 0.1) is 0 Å². The van der Waals surface area contributed by atoms with Crippen LogP contribution >= 0.6 is 0 Å². The molecular weight excluding hydrogens is 324 g/mol. The number of nitrogens with zero attached hydrogens (tertiary/aromatic N) is 5. The van der Waals surface area contributed by atoms with Crippen LogP contribution in [-0.4, -0.2) is 69.0 Å². The van der Waals surface area contributed by atoms with Gasteiger partial charge in [0.2, 0.25) is 5.91 Å². The van der Waals surface area contributed by atoms with Gasteiger partial charge in [0.25, 0.3) is 5.56 Å². The van der Waals surface area contributed by atoms with E-state index in [9.17, 15) is 9.59 Å². The molecule has 25 heavy (non-hydrogen) atoms. The smallest absolute Gasteiger partial charge is 0.264 e. The lowest BCUT2D eigenvalue weighted by molar-refractivity contribution is -0.122. The summed E-state index contributed by atoms with van der Waals surface area (Å²) in [4.78, 5) is 31.0. The number of amides is 1. The van der Waals surface area contributed by atoms with Crippen LogP contribution in [-0.2, 0) is 23.1 Å². The zero-order valence-electron chi connectivity index (χ0n) is 14.6. The molecule has 0 aliphatic carbocycles. The summed E-state index contributed by atoms with van der Waals surface area (Å²) < 4.78 is 8.33. The molecule has 1 aliphatic heterocycles. The minimum absolute atomic E-state index is 0.0567. The second kappa shape index (κ2) is 7.75. The first-order valence-electron chi connectivity index (χ1n) is 8.51. The maximum absolute atomic E-state index is 12.4. The fourth-order valence-electron chi connectivity index (χ4n) is 3.01. The quantitative estimate of drug-likeness (QED) is 0.746. The Bertz CT molecular complexity index is 793. The summed E-state index contributed by atoms with van der Waals surface area (Å²) in [5.74, 6) is -0.0704. The molecule has 136 valence electrons. The van der Waals surface area contributed by atoms with Crippen LogP contribution < -0.4 is 10.9 Å². The molecule has 2 aromatic heterocycles. The molecule has 0 spiro atoms. The monoisotopic (exact) mass is 348 g/mol. The first-order chi connectivity index (χ1) is 12.0.